The molecule has 0 fully saturated rings. The SMILES string of the molecule is CCNCc1cccn1[C@H](C)CC. The molecule has 1 rings (SSSR count). The second-order valence-corrected chi connectivity index (χ2v) is 3.44. The van der Waals surface area contributed by atoms with E-state index in [1.165, 1.54) is 12.1 Å². The minimum Gasteiger partial charge on any atom is -0.347 e. The lowest BCUT2D eigenvalue weighted by Gasteiger charge is -2.15. The smallest absolute Gasteiger partial charge is 0.0359 e. The Balaban J connectivity index is 2.65. The first-order valence-corrected chi connectivity index (χ1v) is 5.16. The van der Waals surface area contributed by atoms with Crippen LogP contribution in [0.5, 0.6) is 0 Å². The molecule has 0 radical (unpaired) electrons. The van der Waals surface area contributed by atoms with Gasteiger partial charge in [0.2, 0.25) is 0 Å². The molecular weight excluding hydrogens is 160 g/mol. The largest absolute Gasteiger partial charge is 0.347 e. The molecule has 74 valence electrons. The molecule has 13 heavy (non-hydrogen) atoms. The summed E-state index contributed by atoms with van der Waals surface area (Å²) in [4.78, 5) is 0. The Morgan fingerprint density at radius 3 is 2.85 bits per heavy atom. The molecule has 1 N–H and O–H groups in total. The second-order valence-electron chi connectivity index (χ2n) is 3.44. The van der Waals surface area contributed by atoms with E-state index in [2.05, 4.69) is 49.0 Å². The zero-order valence-electron chi connectivity index (χ0n) is 8.88. The Hall–Kier alpha value is -0.760. The Morgan fingerprint density at radius 2 is 2.23 bits per heavy atom. The average molecular weight is 180 g/mol. The molecule has 0 aliphatic rings. The molecule has 0 aromatic carbocycles. The van der Waals surface area contributed by atoms with Gasteiger partial charge in [-0.15, -0.1) is 0 Å². The van der Waals surface area contributed by atoms with Gasteiger partial charge < -0.3 is 9.88 Å². The van der Waals surface area contributed by atoms with Crippen LogP contribution >= 0.6 is 0 Å². The van der Waals surface area contributed by atoms with E-state index in [-0.39, 0.29) is 0 Å². The summed E-state index contributed by atoms with van der Waals surface area (Å²) in [7, 11) is 0. The number of nitrogens with one attached hydrogen (secondary N) is 1. The van der Waals surface area contributed by atoms with Gasteiger partial charge in [0.25, 0.3) is 0 Å². The fourth-order valence-electron chi connectivity index (χ4n) is 1.46. The summed E-state index contributed by atoms with van der Waals surface area (Å²) in [6, 6.07) is 4.93. The molecule has 0 saturated carbocycles. The molecular formula is C11H20N2. The highest BCUT2D eigenvalue weighted by Crippen LogP contribution is 2.14. The van der Waals surface area contributed by atoms with Gasteiger partial charge in [-0.05, 0) is 32.0 Å². The number of nitrogens with zero attached hydrogens (tertiary/aromatic N) is 1. The van der Waals surface area contributed by atoms with Crippen LogP contribution in [0.2, 0.25) is 0 Å². The maximum absolute atomic E-state index is 3.35. The van der Waals surface area contributed by atoms with Crippen LogP contribution in [-0.4, -0.2) is 11.1 Å². The van der Waals surface area contributed by atoms with Crippen molar-refractivity contribution in [3.8, 4) is 0 Å². The van der Waals surface area contributed by atoms with Gasteiger partial charge in [0, 0.05) is 24.5 Å². The third-order valence-corrected chi connectivity index (χ3v) is 2.49. The van der Waals surface area contributed by atoms with Crippen LogP contribution in [0.3, 0.4) is 0 Å². The molecule has 0 amide bonds. The van der Waals surface area contributed by atoms with Crippen LogP contribution < -0.4 is 5.32 Å². The van der Waals surface area contributed by atoms with Gasteiger partial charge in [-0.1, -0.05) is 13.8 Å². The molecule has 0 bridgehead atoms. The molecule has 1 atom stereocenters. The first-order valence-electron chi connectivity index (χ1n) is 5.16. The maximum atomic E-state index is 3.35. The minimum atomic E-state index is 0.614. The van der Waals surface area contributed by atoms with Gasteiger partial charge >= 0.3 is 0 Å². The predicted octanol–water partition coefficient (Wildman–Crippen LogP) is 2.57. The highest BCUT2D eigenvalue weighted by molar-refractivity contribution is 5.08. The Kier molecular flexibility index (Phi) is 4.03. The van der Waals surface area contributed by atoms with Gasteiger partial charge in [0.05, 0.1) is 0 Å². The van der Waals surface area contributed by atoms with Crippen molar-refractivity contribution < 1.29 is 0 Å². The fourth-order valence-corrected chi connectivity index (χ4v) is 1.46. The van der Waals surface area contributed by atoms with Gasteiger partial charge in [-0.2, -0.15) is 0 Å². The summed E-state index contributed by atoms with van der Waals surface area (Å²) in [5.74, 6) is 0. The summed E-state index contributed by atoms with van der Waals surface area (Å²) in [5, 5.41) is 3.35. The van der Waals surface area contributed by atoms with Crippen molar-refractivity contribution in [1.29, 1.82) is 0 Å². The lowest BCUT2D eigenvalue weighted by atomic mass is 10.2. The Bertz CT molecular complexity index is 240. The van der Waals surface area contributed by atoms with E-state index in [0.29, 0.717) is 6.04 Å². The van der Waals surface area contributed by atoms with E-state index in [1.807, 2.05) is 0 Å². The van der Waals surface area contributed by atoms with Crippen molar-refractivity contribution in [3.05, 3.63) is 24.0 Å². The lowest BCUT2D eigenvalue weighted by Crippen LogP contribution is -2.16. The van der Waals surface area contributed by atoms with E-state index in [0.717, 1.165) is 13.1 Å². The molecule has 1 heterocycles. The summed E-state index contributed by atoms with van der Waals surface area (Å²) in [6.45, 7) is 8.63. The zero-order chi connectivity index (χ0) is 9.68. The molecule has 0 unspecified atom stereocenters. The first kappa shape index (κ1) is 10.3. The van der Waals surface area contributed by atoms with Crippen LogP contribution in [0, 0.1) is 0 Å². The minimum absolute atomic E-state index is 0.614. The van der Waals surface area contributed by atoms with Crippen molar-refractivity contribution >= 4 is 0 Å². The normalized spacial score (nSPS) is 13.2. The van der Waals surface area contributed by atoms with E-state index in [9.17, 15) is 0 Å². The molecule has 0 saturated heterocycles. The molecule has 2 heteroatoms. The van der Waals surface area contributed by atoms with Crippen LogP contribution in [0.4, 0.5) is 0 Å². The molecule has 0 spiro atoms. The average Bonchev–Trinajstić information content (AvgIpc) is 2.61. The van der Waals surface area contributed by atoms with Crippen molar-refractivity contribution in [2.24, 2.45) is 0 Å². The van der Waals surface area contributed by atoms with Crippen molar-refractivity contribution in [3.63, 3.8) is 0 Å². The quantitative estimate of drug-likeness (QED) is 0.737. The molecule has 1 aromatic rings. The monoisotopic (exact) mass is 180 g/mol. The summed E-state index contributed by atoms with van der Waals surface area (Å²) < 4.78 is 2.35. The predicted molar refractivity (Wildman–Crippen MR) is 56.8 cm³/mol. The third kappa shape index (κ3) is 2.59. The highest BCUT2D eigenvalue weighted by Gasteiger charge is 2.04. The molecule has 0 aliphatic heterocycles. The van der Waals surface area contributed by atoms with Crippen LogP contribution in [0.15, 0.2) is 18.3 Å². The van der Waals surface area contributed by atoms with Crippen molar-refractivity contribution in [2.75, 3.05) is 6.54 Å². The highest BCUT2D eigenvalue weighted by atomic mass is 15.0. The summed E-state index contributed by atoms with van der Waals surface area (Å²) in [6.07, 6.45) is 3.36. The van der Waals surface area contributed by atoms with Crippen LogP contribution in [0.1, 0.15) is 38.9 Å². The molecule has 0 aliphatic carbocycles. The van der Waals surface area contributed by atoms with Crippen LogP contribution in [-0.2, 0) is 6.54 Å². The summed E-state index contributed by atoms with van der Waals surface area (Å²) in [5.41, 5.74) is 1.39. The summed E-state index contributed by atoms with van der Waals surface area (Å²) >= 11 is 0. The van der Waals surface area contributed by atoms with E-state index in [4.69, 9.17) is 0 Å². The van der Waals surface area contributed by atoms with E-state index >= 15 is 0 Å². The van der Waals surface area contributed by atoms with E-state index in [1.54, 1.807) is 0 Å². The van der Waals surface area contributed by atoms with Gasteiger partial charge in [-0.3, -0.25) is 0 Å². The number of aromatic nitrogens is 1. The van der Waals surface area contributed by atoms with Crippen LogP contribution in [0.25, 0.3) is 0 Å². The Labute approximate surface area is 81.0 Å². The standard InChI is InChI=1S/C11H20N2/c1-4-10(3)13-8-6-7-11(13)9-12-5-2/h6-8,10,12H,4-5,9H2,1-3H3/t10-/m1/s1. The Morgan fingerprint density at radius 1 is 1.46 bits per heavy atom. The topological polar surface area (TPSA) is 17.0 Å². The van der Waals surface area contributed by atoms with Crippen molar-refractivity contribution in [2.45, 2.75) is 39.8 Å². The fraction of sp³-hybridized carbons (Fsp3) is 0.636. The number of hydrogen-bond donors (Lipinski definition) is 1. The second kappa shape index (κ2) is 5.07. The molecule has 2 nitrogen and oxygen atoms in total. The third-order valence-electron chi connectivity index (χ3n) is 2.49. The lowest BCUT2D eigenvalue weighted by molar-refractivity contribution is 0.504. The van der Waals surface area contributed by atoms with Gasteiger partial charge in [-0.25, -0.2) is 0 Å². The van der Waals surface area contributed by atoms with Gasteiger partial charge in [0.1, 0.15) is 0 Å². The maximum Gasteiger partial charge on any atom is 0.0359 e. The number of rotatable bonds is 5. The van der Waals surface area contributed by atoms with Gasteiger partial charge in [0.15, 0.2) is 0 Å². The van der Waals surface area contributed by atoms with E-state index < -0.39 is 0 Å². The molecule has 1 aromatic heterocycles. The zero-order valence-corrected chi connectivity index (χ0v) is 8.88. The first-order chi connectivity index (χ1) is 6.29. The van der Waals surface area contributed by atoms with Crippen molar-refractivity contribution in [1.82, 2.24) is 9.88 Å². The number of hydrogen-bond acceptors (Lipinski definition) is 1.